The lowest BCUT2D eigenvalue weighted by Crippen LogP contribution is -2.43. The first kappa shape index (κ1) is 19.9. The van der Waals surface area contributed by atoms with Gasteiger partial charge in [0, 0.05) is 36.7 Å². The smallest absolute Gasteiger partial charge is 0.230 e. The van der Waals surface area contributed by atoms with E-state index in [1.165, 1.54) is 5.56 Å². The molecule has 0 bridgehead atoms. The van der Waals surface area contributed by atoms with E-state index in [1.54, 1.807) is 0 Å². The van der Waals surface area contributed by atoms with Gasteiger partial charge in [-0.3, -0.25) is 9.59 Å². The lowest BCUT2D eigenvalue weighted by Gasteiger charge is -2.34. The summed E-state index contributed by atoms with van der Waals surface area (Å²) in [4.78, 5) is 30.1. The van der Waals surface area contributed by atoms with Crippen molar-refractivity contribution in [1.82, 2.24) is 4.90 Å². The van der Waals surface area contributed by atoms with Gasteiger partial charge in [-0.05, 0) is 63.5 Å². The normalized spacial score (nSPS) is 24.6. The molecule has 0 radical (unpaired) electrons. The minimum absolute atomic E-state index is 0.0634. The number of hydrogen-bond donors (Lipinski definition) is 0. The molecule has 1 aromatic rings. The van der Waals surface area contributed by atoms with Crippen LogP contribution in [-0.2, 0) is 16.0 Å². The second kappa shape index (κ2) is 8.90. The second-order valence-electron chi connectivity index (χ2n) is 8.26. The Balaban J connectivity index is 1.61. The molecule has 27 heavy (non-hydrogen) atoms. The molecule has 148 valence electrons. The Hall–Kier alpha value is -1.84. The van der Waals surface area contributed by atoms with E-state index in [9.17, 15) is 9.59 Å². The van der Waals surface area contributed by atoms with Gasteiger partial charge in [-0.1, -0.05) is 32.0 Å². The lowest BCUT2D eigenvalue weighted by atomic mass is 9.80. The van der Waals surface area contributed by atoms with Crippen molar-refractivity contribution in [1.29, 1.82) is 0 Å². The van der Waals surface area contributed by atoms with Crippen molar-refractivity contribution in [2.45, 2.75) is 71.8 Å². The highest BCUT2D eigenvalue weighted by Gasteiger charge is 2.37. The molecular weight excluding hydrogens is 336 g/mol. The third-order valence-electron chi connectivity index (χ3n) is 6.17. The van der Waals surface area contributed by atoms with Crippen molar-refractivity contribution in [3.05, 3.63) is 29.8 Å². The Kier molecular flexibility index (Phi) is 6.56. The number of fused-ring (bicyclic) bond motifs is 1. The number of carbonyl (C=O) groups excluding carboxylic acids is 2. The third kappa shape index (κ3) is 4.20. The fourth-order valence-electron chi connectivity index (χ4n) is 4.82. The summed E-state index contributed by atoms with van der Waals surface area (Å²) in [6, 6.07) is 8.50. The third-order valence-corrected chi connectivity index (χ3v) is 6.17. The number of hydrogen-bond acceptors (Lipinski definition) is 2. The fraction of sp³-hybridized carbons (Fsp3) is 0.652. The van der Waals surface area contributed by atoms with Crippen LogP contribution in [0.15, 0.2) is 24.3 Å². The molecule has 0 N–H and O–H groups in total. The maximum Gasteiger partial charge on any atom is 0.230 e. The van der Waals surface area contributed by atoms with E-state index in [0.717, 1.165) is 63.7 Å². The van der Waals surface area contributed by atoms with Crippen LogP contribution in [-0.4, -0.2) is 35.8 Å². The topological polar surface area (TPSA) is 40.6 Å². The summed E-state index contributed by atoms with van der Waals surface area (Å²) in [6.45, 7) is 8.10. The van der Waals surface area contributed by atoms with Crippen LogP contribution in [0.4, 0.5) is 5.69 Å². The number of amides is 2. The molecule has 1 aliphatic carbocycles. The van der Waals surface area contributed by atoms with Crippen molar-refractivity contribution in [2.75, 3.05) is 18.0 Å². The summed E-state index contributed by atoms with van der Waals surface area (Å²) in [7, 11) is 0. The van der Waals surface area contributed by atoms with E-state index in [-0.39, 0.29) is 23.8 Å². The maximum atomic E-state index is 13.2. The van der Waals surface area contributed by atoms with Gasteiger partial charge >= 0.3 is 0 Å². The first-order chi connectivity index (χ1) is 13.1. The molecular formula is C23H34N2O2. The molecule has 1 aliphatic heterocycles. The van der Waals surface area contributed by atoms with Crippen molar-refractivity contribution < 1.29 is 9.59 Å². The van der Waals surface area contributed by atoms with Gasteiger partial charge in [-0.25, -0.2) is 0 Å². The van der Waals surface area contributed by atoms with Gasteiger partial charge in [0.2, 0.25) is 11.8 Å². The van der Waals surface area contributed by atoms with E-state index in [0.29, 0.717) is 5.91 Å². The monoisotopic (exact) mass is 370 g/mol. The summed E-state index contributed by atoms with van der Waals surface area (Å²) in [5.74, 6) is 0.741. The van der Waals surface area contributed by atoms with Crippen LogP contribution in [0.1, 0.15) is 64.9 Å². The number of nitrogens with zero attached hydrogens (tertiary/aromatic N) is 2. The van der Waals surface area contributed by atoms with Crippen LogP contribution in [0.2, 0.25) is 0 Å². The highest BCUT2D eigenvalue weighted by Crippen LogP contribution is 2.37. The minimum atomic E-state index is 0.0634. The first-order valence-electron chi connectivity index (χ1n) is 10.8. The fourth-order valence-corrected chi connectivity index (χ4v) is 4.82. The summed E-state index contributed by atoms with van der Waals surface area (Å²) in [5, 5.41) is 0. The van der Waals surface area contributed by atoms with Crippen LogP contribution in [0.25, 0.3) is 0 Å². The summed E-state index contributed by atoms with van der Waals surface area (Å²) in [6.07, 6.45) is 6.34. The zero-order valence-corrected chi connectivity index (χ0v) is 17.1. The predicted molar refractivity (Wildman–Crippen MR) is 110 cm³/mol. The van der Waals surface area contributed by atoms with E-state index in [2.05, 4.69) is 39.0 Å². The van der Waals surface area contributed by atoms with Gasteiger partial charge in [0.25, 0.3) is 0 Å². The molecule has 2 amide bonds. The van der Waals surface area contributed by atoms with Gasteiger partial charge in [0.15, 0.2) is 0 Å². The highest BCUT2D eigenvalue weighted by molar-refractivity contribution is 5.97. The van der Waals surface area contributed by atoms with Gasteiger partial charge in [-0.15, -0.1) is 0 Å². The van der Waals surface area contributed by atoms with Crippen LogP contribution in [0.5, 0.6) is 0 Å². The first-order valence-corrected chi connectivity index (χ1v) is 10.8. The van der Waals surface area contributed by atoms with Crippen molar-refractivity contribution >= 4 is 17.5 Å². The summed E-state index contributed by atoms with van der Waals surface area (Å²) in [5.41, 5.74) is 2.36. The molecule has 4 heteroatoms. The molecule has 4 nitrogen and oxygen atoms in total. The van der Waals surface area contributed by atoms with Crippen LogP contribution >= 0.6 is 0 Å². The Bertz CT molecular complexity index is 658. The largest absolute Gasteiger partial charge is 0.342 e. The molecule has 0 spiro atoms. The van der Waals surface area contributed by atoms with Crippen LogP contribution < -0.4 is 4.90 Å². The Morgan fingerprint density at radius 1 is 1.00 bits per heavy atom. The molecule has 0 aromatic heterocycles. The van der Waals surface area contributed by atoms with E-state index >= 15 is 0 Å². The maximum absolute atomic E-state index is 13.2. The summed E-state index contributed by atoms with van der Waals surface area (Å²) < 4.78 is 0. The van der Waals surface area contributed by atoms with Crippen molar-refractivity contribution in [3.63, 3.8) is 0 Å². The lowest BCUT2D eigenvalue weighted by molar-refractivity contribution is -0.138. The number of para-hydroxylation sites is 1. The second-order valence-corrected chi connectivity index (χ2v) is 8.26. The SMILES string of the molecule is CCCN(CCC)C(=O)C1CCC(C(=O)N2c3ccccc3CC2C)CC1. The Morgan fingerprint density at radius 3 is 2.22 bits per heavy atom. The average molecular weight is 371 g/mol. The van der Waals surface area contributed by atoms with E-state index < -0.39 is 0 Å². The number of carbonyl (C=O) groups is 2. The van der Waals surface area contributed by atoms with Crippen molar-refractivity contribution in [2.24, 2.45) is 11.8 Å². The van der Waals surface area contributed by atoms with Gasteiger partial charge in [-0.2, -0.15) is 0 Å². The standard InChI is InChI=1S/C23H34N2O2/c1-4-14-24(15-5-2)22(26)18-10-12-19(13-11-18)23(27)25-17(3)16-20-8-6-7-9-21(20)25/h6-9,17-19H,4-5,10-16H2,1-3H3. The minimum Gasteiger partial charge on any atom is -0.342 e. The molecule has 1 atom stereocenters. The van der Waals surface area contributed by atoms with Gasteiger partial charge < -0.3 is 9.80 Å². The molecule has 3 rings (SSSR count). The van der Waals surface area contributed by atoms with E-state index in [1.807, 2.05) is 15.9 Å². The highest BCUT2D eigenvalue weighted by atomic mass is 16.2. The molecule has 1 unspecified atom stereocenters. The number of anilines is 1. The molecule has 0 saturated heterocycles. The quantitative estimate of drug-likeness (QED) is 0.744. The Labute approximate surface area is 163 Å². The Morgan fingerprint density at radius 2 is 1.59 bits per heavy atom. The van der Waals surface area contributed by atoms with Crippen LogP contribution in [0.3, 0.4) is 0 Å². The molecule has 1 heterocycles. The van der Waals surface area contributed by atoms with Crippen molar-refractivity contribution in [3.8, 4) is 0 Å². The van der Waals surface area contributed by atoms with E-state index in [4.69, 9.17) is 0 Å². The molecule has 1 saturated carbocycles. The number of benzene rings is 1. The molecule has 2 aliphatic rings. The summed E-state index contributed by atoms with van der Waals surface area (Å²) >= 11 is 0. The zero-order valence-electron chi connectivity index (χ0n) is 17.1. The van der Waals surface area contributed by atoms with Crippen LogP contribution in [0, 0.1) is 11.8 Å². The zero-order chi connectivity index (χ0) is 19.4. The molecule has 1 aromatic carbocycles. The van der Waals surface area contributed by atoms with Gasteiger partial charge in [0.05, 0.1) is 0 Å². The number of rotatable bonds is 6. The molecule has 1 fully saturated rings. The predicted octanol–water partition coefficient (Wildman–Crippen LogP) is 4.42. The van der Waals surface area contributed by atoms with Gasteiger partial charge in [0.1, 0.15) is 0 Å². The average Bonchev–Trinajstić information content (AvgIpc) is 3.02.